The van der Waals surface area contributed by atoms with Gasteiger partial charge in [0.1, 0.15) is 0 Å². The van der Waals surface area contributed by atoms with Crippen molar-refractivity contribution in [1.29, 1.82) is 0 Å². The predicted octanol–water partition coefficient (Wildman–Crippen LogP) is 3.32. The van der Waals surface area contributed by atoms with Gasteiger partial charge < -0.3 is 4.74 Å². The molecule has 0 fully saturated rings. The van der Waals surface area contributed by atoms with Crippen LogP contribution in [-0.4, -0.2) is 12.6 Å². The number of unbranched alkanes of at least 4 members (excludes halogenated alkanes) is 1. The van der Waals surface area contributed by atoms with E-state index in [0.717, 1.165) is 24.8 Å². The highest BCUT2D eigenvalue weighted by molar-refractivity contribution is 5.87. The van der Waals surface area contributed by atoms with E-state index >= 15 is 0 Å². The first kappa shape index (κ1) is 13.2. The second kappa shape index (κ2) is 7.60. The average Bonchev–Trinajstić information content (AvgIpc) is 2.14. The third-order valence-electron chi connectivity index (χ3n) is 1.95. The normalized spacial score (nSPS) is 11.9. The van der Waals surface area contributed by atoms with E-state index in [1.165, 1.54) is 0 Å². The van der Waals surface area contributed by atoms with Crippen molar-refractivity contribution < 1.29 is 9.53 Å². The molecule has 0 saturated carbocycles. The van der Waals surface area contributed by atoms with Gasteiger partial charge in [-0.1, -0.05) is 33.3 Å². The highest BCUT2D eigenvalue weighted by Crippen LogP contribution is 2.05. The molecular formula is C12H22O2. The van der Waals surface area contributed by atoms with Gasteiger partial charge in [0.25, 0.3) is 0 Å². The highest BCUT2D eigenvalue weighted by Gasteiger charge is 2.04. The molecule has 2 nitrogen and oxygen atoms in total. The lowest BCUT2D eigenvalue weighted by Crippen LogP contribution is -2.07. The maximum atomic E-state index is 11.3. The van der Waals surface area contributed by atoms with Crippen molar-refractivity contribution in [1.82, 2.24) is 0 Å². The first-order chi connectivity index (χ1) is 6.57. The summed E-state index contributed by atoms with van der Waals surface area (Å²) in [5.74, 6) is 0.424. The van der Waals surface area contributed by atoms with Gasteiger partial charge in [0, 0.05) is 5.57 Å². The molecule has 0 bridgehead atoms. The lowest BCUT2D eigenvalue weighted by atomic mass is 10.1. The van der Waals surface area contributed by atoms with Crippen LogP contribution in [0.4, 0.5) is 0 Å². The second-order valence-corrected chi connectivity index (χ2v) is 4.01. The van der Waals surface area contributed by atoms with Crippen molar-refractivity contribution in [2.24, 2.45) is 5.92 Å². The molecule has 0 saturated heterocycles. The Morgan fingerprint density at radius 3 is 2.57 bits per heavy atom. The Balaban J connectivity index is 3.80. The fourth-order valence-electron chi connectivity index (χ4n) is 0.919. The molecule has 0 aromatic carbocycles. The summed E-state index contributed by atoms with van der Waals surface area (Å²) in [4.78, 5) is 11.3. The number of rotatable bonds is 6. The summed E-state index contributed by atoms with van der Waals surface area (Å²) in [5.41, 5.74) is 0.731. The molecule has 0 N–H and O–H groups in total. The molecule has 0 aromatic heterocycles. The molecule has 0 aromatic rings. The first-order valence-electron chi connectivity index (χ1n) is 5.41. The molecule has 0 heterocycles. The van der Waals surface area contributed by atoms with Gasteiger partial charge in [-0.3, -0.25) is 0 Å². The molecule has 14 heavy (non-hydrogen) atoms. The Kier molecular flexibility index (Phi) is 7.17. The number of esters is 1. The maximum absolute atomic E-state index is 11.3. The van der Waals surface area contributed by atoms with Gasteiger partial charge in [-0.2, -0.15) is 0 Å². The Bertz CT molecular complexity index is 192. The van der Waals surface area contributed by atoms with E-state index in [0.29, 0.717) is 12.5 Å². The fraction of sp³-hybridized carbons (Fsp3) is 0.750. The summed E-state index contributed by atoms with van der Waals surface area (Å²) in [7, 11) is 0. The second-order valence-electron chi connectivity index (χ2n) is 4.01. The van der Waals surface area contributed by atoms with Crippen LogP contribution in [0.3, 0.4) is 0 Å². The largest absolute Gasteiger partial charge is 0.462 e. The summed E-state index contributed by atoms with van der Waals surface area (Å²) in [6, 6.07) is 0. The Labute approximate surface area is 87.3 Å². The van der Waals surface area contributed by atoms with E-state index in [4.69, 9.17) is 4.74 Å². The zero-order valence-corrected chi connectivity index (χ0v) is 9.80. The molecule has 2 heteroatoms. The third-order valence-corrected chi connectivity index (χ3v) is 1.95. The zero-order valence-electron chi connectivity index (χ0n) is 9.80. The SMILES string of the molecule is CCCCOC(=O)/C(C)=C/CC(C)C. The van der Waals surface area contributed by atoms with Crippen LogP contribution in [0.15, 0.2) is 11.6 Å². The number of hydrogen-bond acceptors (Lipinski definition) is 2. The Hall–Kier alpha value is -0.790. The Morgan fingerprint density at radius 2 is 2.07 bits per heavy atom. The van der Waals surface area contributed by atoms with Crippen molar-refractivity contribution in [3.8, 4) is 0 Å². The first-order valence-corrected chi connectivity index (χ1v) is 5.41. The molecule has 0 unspecified atom stereocenters. The van der Waals surface area contributed by atoms with Crippen LogP contribution in [-0.2, 0) is 9.53 Å². The molecule has 0 rings (SSSR count). The molecule has 0 spiro atoms. The fourth-order valence-corrected chi connectivity index (χ4v) is 0.919. The van der Waals surface area contributed by atoms with Crippen LogP contribution in [0.2, 0.25) is 0 Å². The van der Waals surface area contributed by atoms with Gasteiger partial charge in [-0.15, -0.1) is 0 Å². The summed E-state index contributed by atoms with van der Waals surface area (Å²) >= 11 is 0. The van der Waals surface area contributed by atoms with Crippen LogP contribution in [0.1, 0.15) is 47.0 Å². The Morgan fingerprint density at radius 1 is 1.43 bits per heavy atom. The quantitative estimate of drug-likeness (QED) is 0.372. The van der Waals surface area contributed by atoms with Crippen molar-refractivity contribution in [2.75, 3.05) is 6.61 Å². The van der Waals surface area contributed by atoms with E-state index in [1.54, 1.807) is 0 Å². The molecule has 82 valence electrons. The van der Waals surface area contributed by atoms with Gasteiger partial charge in [-0.05, 0) is 25.7 Å². The molecule has 0 aliphatic heterocycles. The van der Waals surface area contributed by atoms with Crippen molar-refractivity contribution in [3.05, 3.63) is 11.6 Å². The number of carbonyl (C=O) groups excluding carboxylic acids is 1. The standard InChI is InChI=1S/C12H22O2/c1-5-6-9-14-12(13)11(4)8-7-10(2)3/h8,10H,5-7,9H2,1-4H3/b11-8+. The van der Waals surface area contributed by atoms with Gasteiger partial charge in [0.2, 0.25) is 0 Å². The van der Waals surface area contributed by atoms with E-state index < -0.39 is 0 Å². The lowest BCUT2D eigenvalue weighted by Gasteiger charge is -2.04. The smallest absolute Gasteiger partial charge is 0.333 e. The van der Waals surface area contributed by atoms with Crippen LogP contribution < -0.4 is 0 Å². The number of hydrogen-bond donors (Lipinski definition) is 0. The maximum Gasteiger partial charge on any atom is 0.333 e. The predicted molar refractivity (Wildman–Crippen MR) is 59.1 cm³/mol. The zero-order chi connectivity index (χ0) is 11.0. The van der Waals surface area contributed by atoms with Crippen molar-refractivity contribution in [2.45, 2.75) is 47.0 Å². The van der Waals surface area contributed by atoms with E-state index in [2.05, 4.69) is 20.8 Å². The number of ether oxygens (including phenoxy) is 1. The van der Waals surface area contributed by atoms with Crippen LogP contribution in [0.5, 0.6) is 0 Å². The summed E-state index contributed by atoms with van der Waals surface area (Å²) < 4.78 is 5.07. The average molecular weight is 198 g/mol. The summed E-state index contributed by atoms with van der Waals surface area (Å²) in [6.45, 7) is 8.70. The van der Waals surface area contributed by atoms with Gasteiger partial charge in [0.05, 0.1) is 6.61 Å². The minimum Gasteiger partial charge on any atom is -0.462 e. The van der Waals surface area contributed by atoms with Gasteiger partial charge in [-0.25, -0.2) is 4.79 Å². The van der Waals surface area contributed by atoms with Gasteiger partial charge >= 0.3 is 5.97 Å². The third kappa shape index (κ3) is 6.70. The van der Waals surface area contributed by atoms with Crippen molar-refractivity contribution >= 4 is 5.97 Å². The van der Waals surface area contributed by atoms with Crippen LogP contribution >= 0.6 is 0 Å². The summed E-state index contributed by atoms with van der Waals surface area (Å²) in [5, 5.41) is 0. The molecule has 0 aliphatic rings. The lowest BCUT2D eigenvalue weighted by molar-refractivity contribution is -0.139. The monoisotopic (exact) mass is 198 g/mol. The van der Waals surface area contributed by atoms with E-state index in [-0.39, 0.29) is 5.97 Å². The molecule has 0 amide bonds. The molecule has 0 aliphatic carbocycles. The molecule has 0 atom stereocenters. The number of allylic oxidation sites excluding steroid dienone is 1. The van der Waals surface area contributed by atoms with Crippen LogP contribution in [0.25, 0.3) is 0 Å². The topological polar surface area (TPSA) is 26.3 Å². The summed E-state index contributed by atoms with van der Waals surface area (Å²) in [6.07, 6.45) is 4.90. The molecular weight excluding hydrogens is 176 g/mol. The highest BCUT2D eigenvalue weighted by atomic mass is 16.5. The van der Waals surface area contributed by atoms with Crippen LogP contribution in [0, 0.1) is 5.92 Å². The van der Waals surface area contributed by atoms with Crippen molar-refractivity contribution in [3.63, 3.8) is 0 Å². The minimum atomic E-state index is -0.167. The van der Waals surface area contributed by atoms with E-state index in [1.807, 2.05) is 13.0 Å². The van der Waals surface area contributed by atoms with Gasteiger partial charge in [0.15, 0.2) is 0 Å². The minimum absolute atomic E-state index is 0.167. The molecule has 0 radical (unpaired) electrons. The van der Waals surface area contributed by atoms with E-state index in [9.17, 15) is 4.79 Å². The number of carbonyl (C=O) groups is 1.